The van der Waals surface area contributed by atoms with Gasteiger partial charge in [-0.3, -0.25) is 9.59 Å². The molecule has 100 valence electrons. The molecule has 1 aromatic carbocycles. The average Bonchev–Trinajstić information content (AvgIpc) is 2.96. The van der Waals surface area contributed by atoms with Crippen molar-refractivity contribution in [3.8, 4) is 11.5 Å². The number of carbonyl (C=O) groups is 2. The molecule has 1 amide bonds. The fraction of sp³-hybridized carbons (Fsp3) is 0.385. The molecule has 0 spiro atoms. The lowest BCUT2D eigenvalue weighted by Crippen LogP contribution is -2.29. The van der Waals surface area contributed by atoms with Crippen molar-refractivity contribution in [3.05, 3.63) is 23.8 Å². The molecule has 1 atom stereocenters. The molecule has 0 aromatic heterocycles. The highest BCUT2D eigenvalue weighted by Crippen LogP contribution is 2.33. The van der Waals surface area contributed by atoms with E-state index in [0.29, 0.717) is 31.0 Å². The average molecular weight is 263 g/mol. The van der Waals surface area contributed by atoms with Crippen LogP contribution in [0.2, 0.25) is 0 Å². The lowest BCUT2D eigenvalue weighted by Gasteiger charge is -2.16. The van der Waals surface area contributed by atoms with E-state index in [2.05, 4.69) is 0 Å². The third-order valence-electron chi connectivity index (χ3n) is 3.41. The first-order valence-corrected chi connectivity index (χ1v) is 6.05. The normalized spacial score (nSPS) is 20.9. The standard InChI is InChI=1S/C13H13NO5/c15-12-9(13(16)17)3-4-14(12)6-8-1-2-10-11(5-8)19-7-18-10/h1-2,5,9H,3-4,6-7H2,(H,16,17). The molecule has 0 aliphatic carbocycles. The number of carboxylic acid groups (broad SMARTS) is 1. The number of benzene rings is 1. The molecule has 1 fully saturated rings. The molecule has 3 rings (SSSR count). The number of carboxylic acids is 1. The van der Waals surface area contributed by atoms with Crippen molar-refractivity contribution < 1.29 is 24.2 Å². The Balaban J connectivity index is 1.72. The van der Waals surface area contributed by atoms with Gasteiger partial charge >= 0.3 is 5.97 Å². The Kier molecular flexibility index (Phi) is 2.77. The molecule has 1 aromatic rings. The minimum Gasteiger partial charge on any atom is -0.481 e. The van der Waals surface area contributed by atoms with Crippen LogP contribution in [0.15, 0.2) is 18.2 Å². The smallest absolute Gasteiger partial charge is 0.316 e. The summed E-state index contributed by atoms with van der Waals surface area (Å²) in [5, 5.41) is 8.91. The van der Waals surface area contributed by atoms with E-state index in [1.807, 2.05) is 12.1 Å². The van der Waals surface area contributed by atoms with Crippen LogP contribution in [0.1, 0.15) is 12.0 Å². The maximum absolute atomic E-state index is 11.9. The van der Waals surface area contributed by atoms with Crippen LogP contribution in [0, 0.1) is 5.92 Å². The third kappa shape index (κ3) is 2.09. The lowest BCUT2D eigenvalue weighted by atomic mass is 10.1. The van der Waals surface area contributed by atoms with Gasteiger partial charge in [0.1, 0.15) is 5.92 Å². The molecule has 1 saturated heterocycles. The van der Waals surface area contributed by atoms with E-state index in [9.17, 15) is 9.59 Å². The van der Waals surface area contributed by atoms with Crippen molar-refractivity contribution in [1.82, 2.24) is 4.90 Å². The lowest BCUT2D eigenvalue weighted by molar-refractivity contribution is -0.147. The van der Waals surface area contributed by atoms with Gasteiger partial charge in [-0.1, -0.05) is 6.07 Å². The zero-order chi connectivity index (χ0) is 13.4. The number of carbonyl (C=O) groups excluding carboxylic acids is 1. The molecule has 1 unspecified atom stereocenters. The van der Waals surface area contributed by atoms with Gasteiger partial charge < -0.3 is 19.5 Å². The highest BCUT2D eigenvalue weighted by atomic mass is 16.7. The van der Waals surface area contributed by atoms with Crippen molar-refractivity contribution in [2.45, 2.75) is 13.0 Å². The largest absolute Gasteiger partial charge is 0.481 e. The molecule has 6 heteroatoms. The quantitative estimate of drug-likeness (QED) is 0.818. The number of aliphatic carboxylic acids is 1. The highest BCUT2D eigenvalue weighted by molar-refractivity contribution is 5.98. The Morgan fingerprint density at radius 2 is 2.16 bits per heavy atom. The second-order valence-electron chi connectivity index (χ2n) is 4.63. The maximum atomic E-state index is 11.9. The van der Waals surface area contributed by atoms with E-state index >= 15 is 0 Å². The minimum absolute atomic E-state index is 0.211. The molecular weight excluding hydrogens is 250 g/mol. The molecule has 0 bridgehead atoms. The molecule has 0 saturated carbocycles. The summed E-state index contributed by atoms with van der Waals surface area (Å²) in [6.45, 7) is 1.09. The number of likely N-dealkylation sites (tertiary alicyclic amines) is 1. The van der Waals surface area contributed by atoms with Crippen LogP contribution >= 0.6 is 0 Å². The second kappa shape index (κ2) is 4.46. The van der Waals surface area contributed by atoms with Crippen LogP contribution in [0.3, 0.4) is 0 Å². The van der Waals surface area contributed by atoms with E-state index in [1.165, 1.54) is 0 Å². The Bertz CT molecular complexity index is 542. The first-order valence-electron chi connectivity index (χ1n) is 6.05. The van der Waals surface area contributed by atoms with Gasteiger partial charge in [0, 0.05) is 13.1 Å². The summed E-state index contributed by atoms with van der Waals surface area (Å²) >= 11 is 0. The van der Waals surface area contributed by atoms with E-state index in [4.69, 9.17) is 14.6 Å². The molecule has 6 nitrogen and oxygen atoms in total. The topological polar surface area (TPSA) is 76.1 Å². The van der Waals surface area contributed by atoms with Gasteiger partial charge in [-0.25, -0.2) is 0 Å². The SMILES string of the molecule is O=C(O)C1CCN(Cc2ccc3c(c2)OCO3)C1=O. The fourth-order valence-corrected chi connectivity index (χ4v) is 2.38. The van der Waals surface area contributed by atoms with Crippen molar-refractivity contribution >= 4 is 11.9 Å². The van der Waals surface area contributed by atoms with Gasteiger partial charge in [0.15, 0.2) is 11.5 Å². The first-order chi connectivity index (χ1) is 9.15. The summed E-state index contributed by atoms with van der Waals surface area (Å²) < 4.78 is 10.5. The zero-order valence-electron chi connectivity index (χ0n) is 10.2. The van der Waals surface area contributed by atoms with E-state index in [1.54, 1.807) is 11.0 Å². The van der Waals surface area contributed by atoms with Gasteiger partial charge in [0.05, 0.1) is 0 Å². The summed E-state index contributed by atoms with van der Waals surface area (Å²) in [7, 11) is 0. The number of hydrogen-bond acceptors (Lipinski definition) is 4. The number of rotatable bonds is 3. The predicted octanol–water partition coefficient (Wildman–Crippen LogP) is 0.848. The first kappa shape index (κ1) is 11.8. The van der Waals surface area contributed by atoms with Crippen LogP contribution < -0.4 is 9.47 Å². The van der Waals surface area contributed by atoms with Crippen LogP contribution in [-0.4, -0.2) is 35.2 Å². The molecule has 2 aliphatic heterocycles. The summed E-state index contributed by atoms with van der Waals surface area (Å²) in [5.74, 6) is -0.892. The summed E-state index contributed by atoms with van der Waals surface area (Å²) in [5.41, 5.74) is 0.906. The van der Waals surface area contributed by atoms with Gasteiger partial charge in [-0.15, -0.1) is 0 Å². The molecule has 2 aliphatic rings. The Morgan fingerprint density at radius 3 is 2.89 bits per heavy atom. The molecule has 19 heavy (non-hydrogen) atoms. The van der Waals surface area contributed by atoms with Gasteiger partial charge in [-0.05, 0) is 24.1 Å². The molecule has 1 N–H and O–H groups in total. The second-order valence-corrected chi connectivity index (χ2v) is 4.63. The van der Waals surface area contributed by atoms with E-state index < -0.39 is 11.9 Å². The molecule has 0 radical (unpaired) electrons. The van der Waals surface area contributed by atoms with E-state index in [-0.39, 0.29) is 12.7 Å². The maximum Gasteiger partial charge on any atom is 0.316 e. The molecule has 2 heterocycles. The Hall–Kier alpha value is -2.24. The third-order valence-corrected chi connectivity index (χ3v) is 3.41. The summed E-state index contributed by atoms with van der Waals surface area (Å²) in [6, 6.07) is 5.48. The van der Waals surface area contributed by atoms with Crippen molar-refractivity contribution in [2.75, 3.05) is 13.3 Å². The van der Waals surface area contributed by atoms with Gasteiger partial charge in [-0.2, -0.15) is 0 Å². The monoisotopic (exact) mass is 263 g/mol. The van der Waals surface area contributed by atoms with Crippen molar-refractivity contribution in [3.63, 3.8) is 0 Å². The van der Waals surface area contributed by atoms with Crippen LogP contribution in [0.25, 0.3) is 0 Å². The van der Waals surface area contributed by atoms with Crippen LogP contribution in [-0.2, 0) is 16.1 Å². The zero-order valence-corrected chi connectivity index (χ0v) is 10.2. The number of fused-ring (bicyclic) bond motifs is 1. The van der Waals surface area contributed by atoms with Crippen LogP contribution in [0.5, 0.6) is 11.5 Å². The van der Waals surface area contributed by atoms with Gasteiger partial charge in [0.2, 0.25) is 12.7 Å². The van der Waals surface area contributed by atoms with Crippen molar-refractivity contribution in [2.24, 2.45) is 5.92 Å². The number of hydrogen-bond donors (Lipinski definition) is 1. The summed E-state index contributed by atoms with van der Waals surface area (Å²) in [4.78, 5) is 24.3. The predicted molar refractivity (Wildman–Crippen MR) is 63.7 cm³/mol. The summed E-state index contributed by atoms with van der Waals surface area (Å²) in [6.07, 6.45) is 0.374. The highest BCUT2D eigenvalue weighted by Gasteiger charge is 2.36. The van der Waals surface area contributed by atoms with Gasteiger partial charge in [0.25, 0.3) is 0 Å². The number of amides is 1. The van der Waals surface area contributed by atoms with E-state index in [0.717, 1.165) is 5.56 Å². The Morgan fingerprint density at radius 1 is 1.37 bits per heavy atom. The fourth-order valence-electron chi connectivity index (χ4n) is 2.38. The number of ether oxygens (including phenoxy) is 2. The Labute approximate surface area is 109 Å². The van der Waals surface area contributed by atoms with Crippen molar-refractivity contribution in [1.29, 1.82) is 0 Å². The minimum atomic E-state index is -1.04. The number of nitrogens with zero attached hydrogens (tertiary/aromatic N) is 1. The van der Waals surface area contributed by atoms with Crippen LogP contribution in [0.4, 0.5) is 0 Å². The molecular formula is C13H13NO5.